The molecule has 1 rings (SSSR count). The highest BCUT2D eigenvalue weighted by molar-refractivity contribution is 5.80. The van der Waals surface area contributed by atoms with Crippen molar-refractivity contribution in [3.8, 4) is 0 Å². The van der Waals surface area contributed by atoms with Crippen LogP contribution in [0, 0.1) is 5.92 Å². The Balaban J connectivity index is 2.28. The summed E-state index contributed by atoms with van der Waals surface area (Å²) >= 11 is 0. The molecule has 0 radical (unpaired) electrons. The zero-order valence-electron chi connectivity index (χ0n) is 10.5. The minimum atomic E-state index is -0.858. The molecular formula is C12H22N2O3. The lowest BCUT2D eigenvalue weighted by Crippen LogP contribution is -2.46. The molecule has 0 saturated heterocycles. The lowest BCUT2D eigenvalue weighted by molar-refractivity contribution is -0.140. The minimum Gasteiger partial charge on any atom is -0.480 e. The number of carboxylic acid groups (broad SMARTS) is 1. The summed E-state index contributed by atoms with van der Waals surface area (Å²) in [5.74, 6) is -0.776. The molecule has 1 aliphatic carbocycles. The Labute approximate surface area is 102 Å². The summed E-state index contributed by atoms with van der Waals surface area (Å²) in [5, 5.41) is 14.7. The smallest absolute Gasteiger partial charge is 0.320 e. The van der Waals surface area contributed by atoms with Crippen molar-refractivity contribution in [2.75, 3.05) is 6.54 Å². The molecule has 0 spiro atoms. The van der Waals surface area contributed by atoms with Crippen LogP contribution in [0.3, 0.4) is 0 Å². The van der Waals surface area contributed by atoms with Crippen LogP contribution in [0.4, 0.5) is 0 Å². The molecule has 17 heavy (non-hydrogen) atoms. The summed E-state index contributed by atoms with van der Waals surface area (Å²) < 4.78 is 0. The number of nitrogens with one attached hydrogen (secondary N) is 2. The van der Waals surface area contributed by atoms with Gasteiger partial charge in [0.2, 0.25) is 5.91 Å². The molecule has 0 aromatic heterocycles. The van der Waals surface area contributed by atoms with Gasteiger partial charge in [0, 0.05) is 6.04 Å². The Morgan fingerprint density at radius 3 is 2.29 bits per heavy atom. The molecule has 0 bridgehead atoms. The lowest BCUT2D eigenvalue weighted by Gasteiger charge is -2.17. The van der Waals surface area contributed by atoms with Crippen LogP contribution in [-0.2, 0) is 9.59 Å². The third-order valence-corrected chi connectivity index (χ3v) is 3.19. The van der Waals surface area contributed by atoms with E-state index in [-0.39, 0.29) is 24.4 Å². The standard InChI is InChI=1S/C12H22N2O3/c1-3-9(4-2)14-10(15)7-13-11(12(16)17)8-5-6-8/h8-9,11,13H,3-7H2,1-2H3,(H,14,15)(H,16,17). The molecule has 1 saturated carbocycles. The molecule has 5 nitrogen and oxygen atoms in total. The van der Waals surface area contributed by atoms with E-state index in [1.165, 1.54) is 0 Å². The number of amides is 1. The van der Waals surface area contributed by atoms with Crippen LogP contribution >= 0.6 is 0 Å². The maximum atomic E-state index is 11.6. The van der Waals surface area contributed by atoms with Crippen LogP contribution in [0.15, 0.2) is 0 Å². The van der Waals surface area contributed by atoms with Crippen molar-refractivity contribution in [2.45, 2.75) is 51.6 Å². The second-order valence-electron chi connectivity index (χ2n) is 4.62. The Morgan fingerprint density at radius 2 is 1.88 bits per heavy atom. The van der Waals surface area contributed by atoms with Gasteiger partial charge >= 0.3 is 5.97 Å². The first-order chi connectivity index (χ1) is 8.08. The predicted molar refractivity (Wildman–Crippen MR) is 64.7 cm³/mol. The molecule has 98 valence electrons. The van der Waals surface area contributed by atoms with Gasteiger partial charge in [0.1, 0.15) is 6.04 Å². The Morgan fingerprint density at radius 1 is 1.29 bits per heavy atom. The van der Waals surface area contributed by atoms with Crippen molar-refractivity contribution in [2.24, 2.45) is 5.92 Å². The van der Waals surface area contributed by atoms with E-state index in [2.05, 4.69) is 10.6 Å². The fourth-order valence-corrected chi connectivity index (χ4v) is 1.86. The second-order valence-corrected chi connectivity index (χ2v) is 4.62. The maximum absolute atomic E-state index is 11.6. The summed E-state index contributed by atoms with van der Waals surface area (Å²) in [7, 11) is 0. The molecular weight excluding hydrogens is 220 g/mol. The van der Waals surface area contributed by atoms with Crippen molar-refractivity contribution in [3.63, 3.8) is 0 Å². The zero-order valence-corrected chi connectivity index (χ0v) is 10.5. The van der Waals surface area contributed by atoms with Gasteiger partial charge in [-0.3, -0.25) is 14.9 Å². The molecule has 3 N–H and O–H groups in total. The largest absolute Gasteiger partial charge is 0.480 e. The highest BCUT2D eigenvalue weighted by Crippen LogP contribution is 2.32. The summed E-state index contributed by atoms with van der Waals surface area (Å²) in [6.45, 7) is 4.13. The first-order valence-corrected chi connectivity index (χ1v) is 6.34. The SMILES string of the molecule is CCC(CC)NC(=O)CNC(C(=O)O)C1CC1. The average molecular weight is 242 g/mol. The zero-order chi connectivity index (χ0) is 12.8. The molecule has 1 atom stereocenters. The van der Waals surface area contributed by atoms with Crippen LogP contribution in [-0.4, -0.2) is 35.6 Å². The van der Waals surface area contributed by atoms with Crippen LogP contribution in [0.5, 0.6) is 0 Å². The number of hydrogen-bond acceptors (Lipinski definition) is 3. The van der Waals surface area contributed by atoms with Gasteiger partial charge < -0.3 is 10.4 Å². The van der Waals surface area contributed by atoms with Crippen molar-refractivity contribution < 1.29 is 14.7 Å². The summed E-state index contributed by atoms with van der Waals surface area (Å²) in [5.41, 5.74) is 0. The second kappa shape index (κ2) is 6.59. The van der Waals surface area contributed by atoms with Gasteiger partial charge in [-0.15, -0.1) is 0 Å². The van der Waals surface area contributed by atoms with Crippen molar-refractivity contribution >= 4 is 11.9 Å². The fraction of sp³-hybridized carbons (Fsp3) is 0.833. The van der Waals surface area contributed by atoms with E-state index in [1.54, 1.807) is 0 Å². The van der Waals surface area contributed by atoms with Crippen LogP contribution in [0.2, 0.25) is 0 Å². The lowest BCUT2D eigenvalue weighted by atomic mass is 10.1. The van der Waals surface area contributed by atoms with E-state index in [0.717, 1.165) is 25.7 Å². The maximum Gasteiger partial charge on any atom is 0.320 e. The van der Waals surface area contributed by atoms with Gasteiger partial charge in [-0.05, 0) is 31.6 Å². The summed E-state index contributed by atoms with van der Waals surface area (Å²) in [6.07, 6.45) is 3.68. The number of rotatable bonds is 8. The Kier molecular flexibility index (Phi) is 5.41. The van der Waals surface area contributed by atoms with Gasteiger partial charge in [-0.1, -0.05) is 13.8 Å². The van der Waals surface area contributed by atoms with Gasteiger partial charge in [0.15, 0.2) is 0 Å². The molecule has 1 aliphatic rings. The van der Waals surface area contributed by atoms with Crippen molar-refractivity contribution in [1.29, 1.82) is 0 Å². The third kappa shape index (κ3) is 4.73. The monoisotopic (exact) mass is 242 g/mol. The summed E-state index contributed by atoms with van der Waals surface area (Å²) in [4.78, 5) is 22.5. The highest BCUT2D eigenvalue weighted by Gasteiger charge is 2.36. The number of carbonyl (C=O) groups is 2. The molecule has 0 heterocycles. The molecule has 0 aliphatic heterocycles. The van der Waals surface area contributed by atoms with Gasteiger partial charge in [0.05, 0.1) is 6.54 Å². The molecule has 0 aromatic rings. The van der Waals surface area contributed by atoms with E-state index >= 15 is 0 Å². The van der Waals surface area contributed by atoms with Crippen molar-refractivity contribution in [1.82, 2.24) is 10.6 Å². The molecule has 1 unspecified atom stereocenters. The van der Waals surface area contributed by atoms with E-state index < -0.39 is 12.0 Å². The Bertz CT molecular complexity index is 273. The molecule has 1 amide bonds. The van der Waals surface area contributed by atoms with Gasteiger partial charge in [-0.2, -0.15) is 0 Å². The fourth-order valence-electron chi connectivity index (χ4n) is 1.86. The quantitative estimate of drug-likeness (QED) is 0.586. The van der Waals surface area contributed by atoms with Crippen LogP contribution in [0.1, 0.15) is 39.5 Å². The predicted octanol–water partition coefficient (Wildman–Crippen LogP) is 0.744. The Hall–Kier alpha value is -1.10. The minimum absolute atomic E-state index is 0.0873. The first kappa shape index (κ1) is 14.0. The van der Waals surface area contributed by atoms with Crippen molar-refractivity contribution in [3.05, 3.63) is 0 Å². The van der Waals surface area contributed by atoms with E-state index in [0.29, 0.717) is 0 Å². The van der Waals surface area contributed by atoms with Crippen LogP contribution < -0.4 is 10.6 Å². The molecule has 1 fully saturated rings. The number of hydrogen-bond donors (Lipinski definition) is 3. The highest BCUT2D eigenvalue weighted by atomic mass is 16.4. The average Bonchev–Trinajstić information content (AvgIpc) is 3.10. The topological polar surface area (TPSA) is 78.4 Å². The third-order valence-electron chi connectivity index (χ3n) is 3.19. The number of carboxylic acids is 1. The number of carbonyl (C=O) groups excluding carboxylic acids is 1. The van der Waals surface area contributed by atoms with Gasteiger partial charge in [-0.25, -0.2) is 0 Å². The summed E-state index contributed by atoms with van der Waals surface area (Å²) in [6, 6.07) is -0.379. The molecule has 5 heteroatoms. The van der Waals surface area contributed by atoms with E-state index in [1.807, 2.05) is 13.8 Å². The van der Waals surface area contributed by atoms with E-state index in [4.69, 9.17) is 5.11 Å². The molecule has 0 aromatic carbocycles. The van der Waals surface area contributed by atoms with E-state index in [9.17, 15) is 9.59 Å². The van der Waals surface area contributed by atoms with Crippen LogP contribution in [0.25, 0.3) is 0 Å². The van der Waals surface area contributed by atoms with Gasteiger partial charge in [0.25, 0.3) is 0 Å². The normalized spacial score (nSPS) is 16.9. The first-order valence-electron chi connectivity index (χ1n) is 6.34. The number of aliphatic carboxylic acids is 1.